The lowest BCUT2D eigenvalue weighted by atomic mass is 10.2. The minimum atomic E-state index is -0.347. The molecule has 1 amide bonds. The van der Waals surface area contributed by atoms with Gasteiger partial charge in [-0.15, -0.1) is 11.3 Å². The third-order valence-corrected chi connectivity index (χ3v) is 3.94. The highest BCUT2D eigenvalue weighted by atomic mass is 32.1. The van der Waals surface area contributed by atoms with Crippen molar-refractivity contribution in [3.63, 3.8) is 0 Å². The van der Waals surface area contributed by atoms with Crippen LogP contribution >= 0.6 is 11.3 Å². The number of thiazole rings is 1. The Morgan fingerprint density at radius 1 is 1.39 bits per heavy atom. The molecule has 0 aliphatic rings. The van der Waals surface area contributed by atoms with E-state index in [0.29, 0.717) is 11.6 Å². The lowest BCUT2D eigenvalue weighted by Crippen LogP contribution is -2.45. The van der Waals surface area contributed by atoms with Gasteiger partial charge in [-0.25, -0.2) is 4.98 Å². The van der Waals surface area contributed by atoms with Crippen LogP contribution in [-0.2, 0) is 4.79 Å². The van der Waals surface area contributed by atoms with E-state index in [4.69, 9.17) is 0 Å². The smallest absolute Gasteiger partial charge is 0.282 e. The molecule has 1 aromatic heterocycles. The van der Waals surface area contributed by atoms with Crippen LogP contribution in [0.3, 0.4) is 0 Å². The molecule has 0 spiro atoms. The highest BCUT2D eigenvalue weighted by Gasteiger charge is 2.21. The third kappa shape index (κ3) is 4.18. The SMILES string of the molecule is CCCN(c1ccccc1)N(C)C(=O)C(C#N)=Cc1nccs1. The zero-order valence-corrected chi connectivity index (χ0v) is 14.0. The highest BCUT2D eigenvalue weighted by molar-refractivity contribution is 7.10. The Kier molecular flexibility index (Phi) is 5.89. The lowest BCUT2D eigenvalue weighted by molar-refractivity contribution is -0.126. The maximum Gasteiger partial charge on any atom is 0.282 e. The Balaban J connectivity index is 2.26. The number of rotatable bonds is 6. The Hall–Kier alpha value is -2.65. The predicted molar refractivity (Wildman–Crippen MR) is 92.6 cm³/mol. The first kappa shape index (κ1) is 16.7. The van der Waals surface area contributed by atoms with Gasteiger partial charge in [-0.3, -0.25) is 14.8 Å². The summed E-state index contributed by atoms with van der Waals surface area (Å²) in [6.45, 7) is 2.73. The van der Waals surface area contributed by atoms with Crippen molar-refractivity contribution < 1.29 is 4.79 Å². The largest absolute Gasteiger partial charge is 0.283 e. The van der Waals surface area contributed by atoms with Gasteiger partial charge in [-0.05, 0) is 24.6 Å². The first-order chi connectivity index (χ1) is 11.2. The van der Waals surface area contributed by atoms with Crippen molar-refractivity contribution in [1.29, 1.82) is 5.26 Å². The van der Waals surface area contributed by atoms with Gasteiger partial charge in [0.1, 0.15) is 16.6 Å². The zero-order chi connectivity index (χ0) is 16.7. The van der Waals surface area contributed by atoms with E-state index < -0.39 is 0 Å². The van der Waals surface area contributed by atoms with Crippen LogP contribution in [0.25, 0.3) is 6.08 Å². The van der Waals surface area contributed by atoms with E-state index in [-0.39, 0.29) is 11.5 Å². The topological polar surface area (TPSA) is 60.2 Å². The molecule has 2 rings (SSSR count). The second-order valence-electron chi connectivity index (χ2n) is 4.83. The van der Waals surface area contributed by atoms with E-state index in [2.05, 4.69) is 4.98 Å². The van der Waals surface area contributed by atoms with Crippen molar-refractivity contribution in [2.75, 3.05) is 18.6 Å². The molecular weight excluding hydrogens is 308 g/mol. The van der Waals surface area contributed by atoms with Crippen LogP contribution in [0, 0.1) is 11.3 Å². The van der Waals surface area contributed by atoms with Crippen LogP contribution in [0.4, 0.5) is 5.69 Å². The average molecular weight is 326 g/mol. The normalized spacial score (nSPS) is 10.9. The van der Waals surface area contributed by atoms with Gasteiger partial charge >= 0.3 is 0 Å². The maximum absolute atomic E-state index is 12.7. The van der Waals surface area contributed by atoms with Crippen molar-refractivity contribution >= 4 is 29.0 Å². The second kappa shape index (κ2) is 8.11. The molecule has 0 saturated heterocycles. The fourth-order valence-corrected chi connectivity index (χ4v) is 2.69. The molecule has 118 valence electrons. The first-order valence-electron chi connectivity index (χ1n) is 7.29. The van der Waals surface area contributed by atoms with Crippen LogP contribution in [-0.4, -0.2) is 29.5 Å². The molecule has 23 heavy (non-hydrogen) atoms. The monoisotopic (exact) mass is 326 g/mol. The van der Waals surface area contributed by atoms with Gasteiger partial charge in [0.15, 0.2) is 0 Å². The molecule has 1 heterocycles. The minimum Gasteiger partial charge on any atom is -0.283 e. The molecule has 0 N–H and O–H groups in total. The molecule has 0 bridgehead atoms. The second-order valence-corrected chi connectivity index (χ2v) is 5.75. The summed E-state index contributed by atoms with van der Waals surface area (Å²) in [5, 5.41) is 15.1. The summed E-state index contributed by atoms with van der Waals surface area (Å²) in [5.74, 6) is -0.347. The molecular formula is C17H18N4OS. The van der Waals surface area contributed by atoms with E-state index >= 15 is 0 Å². The van der Waals surface area contributed by atoms with Gasteiger partial charge in [0, 0.05) is 25.2 Å². The molecule has 0 unspecified atom stereocenters. The first-order valence-corrected chi connectivity index (χ1v) is 8.17. The number of nitrogens with zero attached hydrogens (tertiary/aromatic N) is 4. The molecule has 0 atom stereocenters. The number of amides is 1. The van der Waals surface area contributed by atoms with Crippen molar-refractivity contribution in [3.05, 3.63) is 52.5 Å². The van der Waals surface area contributed by atoms with Crippen molar-refractivity contribution in [3.8, 4) is 6.07 Å². The number of carbonyl (C=O) groups excluding carboxylic acids is 1. The van der Waals surface area contributed by atoms with Crippen LogP contribution < -0.4 is 5.01 Å². The molecule has 2 aromatic rings. The van der Waals surface area contributed by atoms with Gasteiger partial charge in [0.2, 0.25) is 0 Å². The van der Waals surface area contributed by atoms with E-state index in [0.717, 1.165) is 12.1 Å². The molecule has 0 aliphatic carbocycles. The van der Waals surface area contributed by atoms with Gasteiger partial charge in [-0.1, -0.05) is 25.1 Å². The number of hydrogen-bond acceptors (Lipinski definition) is 5. The molecule has 5 nitrogen and oxygen atoms in total. The Labute approximate surface area is 140 Å². The van der Waals surface area contributed by atoms with Gasteiger partial charge in [0.25, 0.3) is 5.91 Å². The number of benzene rings is 1. The third-order valence-electron chi connectivity index (χ3n) is 3.22. The van der Waals surface area contributed by atoms with Crippen molar-refractivity contribution in [2.24, 2.45) is 0 Å². The minimum absolute atomic E-state index is 0.0690. The van der Waals surface area contributed by atoms with Crippen molar-refractivity contribution in [2.45, 2.75) is 13.3 Å². The Morgan fingerprint density at radius 3 is 2.70 bits per heavy atom. The summed E-state index contributed by atoms with van der Waals surface area (Å²) in [7, 11) is 1.68. The molecule has 6 heteroatoms. The summed E-state index contributed by atoms with van der Waals surface area (Å²) in [4.78, 5) is 16.8. The number of carbonyl (C=O) groups is 1. The van der Waals surface area contributed by atoms with Crippen molar-refractivity contribution in [1.82, 2.24) is 9.99 Å². The van der Waals surface area contributed by atoms with E-state index in [1.54, 1.807) is 13.2 Å². The van der Waals surface area contributed by atoms with Crippen LogP contribution in [0.1, 0.15) is 18.4 Å². The van der Waals surface area contributed by atoms with Crippen LogP contribution in [0.2, 0.25) is 0 Å². The van der Waals surface area contributed by atoms with Gasteiger partial charge in [0.05, 0.1) is 5.69 Å². The fourth-order valence-electron chi connectivity index (χ4n) is 2.12. The predicted octanol–water partition coefficient (Wildman–Crippen LogP) is 3.34. The standard InChI is InChI=1S/C17H18N4OS/c1-3-10-21(15-7-5-4-6-8-15)20(2)17(22)14(13-18)12-16-19-9-11-23-16/h4-9,11-12H,3,10H2,1-2H3. The number of anilines is 1. The number of para-hydroxylation sites is 1. The van der Waals surface area contributed by atoms with E-state index in [1.165, 1.54) is 22.4 Å². The molecule has 0 saturated carbocycles. The van der Waals surface area contributed by atoms with E-state index in [1.807, 2.05) is 53.7 Å². The Bertz CT molecular complexity index is 704. The summed E-state index contributed by atoms with van der Waals surface area (Å²) in [6, 6.07) is 11.6. The molecule has 0 radical (unpaired) electrons. The quantitative estimate of drug-likeness (QED) is 0.464. The highest BCUT2D eigenvalue weighted by Crippen LogP contribution is 2.18. The van der Waals surface area contributed by atoms with Gasteiger partial charge in [-0.2, -0.15) is 5.26 Å². The Morgan fingerprint density at radius 2 is 2.13 bits per heavy atom. The summed E-state index contributed by atoms with van der Waals surface area (Å²) >= 11 is 1.39. The molecule has 0 fully saturated rings. The van der Waals surface area contributed by atoms with Crippen LogP contribution in [0.15, 0.2) is 47.5 Å². The van der Waals surface area contributed by atoms with Crippen LogP contribution in [0.5, 0.6) is 0 Å². The van der Waals surface area contributed by atoms with E-state index in [9.17, 15) is 10.1 Å². The van der Waals surface area contributed by atoms with Gasteiger partial charge < -0.3 is 0 Å². The number of aromatic nitrogens is 1. The average Bonchev–Trinajstić information content (AvgIpc) is 3.10. The maximum atomic E-state index is 12.7. The number of likely N-dealkylation sites (N-methyl/N-ethyl adjacent to an activating group) is 1. The fraction of sp³-hybridized carbons (Fsp3) is 0.235. The summed E-state index contributed by atoms with van der Waals surface area (Å²) < 4.78 is 0. The number of hydrazine groups is 1. The summed E-state index contributed by atoms with van der Waals surface area (Å²) in [6.07, 6.45) is 4.05. The lowest BCUT2D eigenvalue weighted by Gasteiger charge is -2.33. The molecule has 1 aromatic carbocycles. The molecule has 0 aliphatic heterocycles. The number of nitriles is 1. The summed E-state index contributed by atoms with van der Waals surface area (Å²) in [5.41, 5.74) is 0.983. The zero-order valence-electron chi connectivity index (χ0n) is 13.1. The number of hydrogen-bond donors (Lipinski definition) is 0.